The Balaban J connectivity index is 0.687. The number of halogens is 1. The van der Waals surface area contributed by atoms with Gasteiger partial charge in [0.2, 0.25) is 11.8 Å². The van der Waals surface area contributed by atoms with E-state index < -0.39 is 61.1 Å². The molecule has 2 unspecified atom stereocenters. The number of hydrogen-bond acceptors (Lipinski definition) is 16. The van der Waals surface area contributed by atoms with E-state index in [1.165, 1.54) is 47.2 Å². The molecule has 0 radical (unpaired) electrons. The Morgan fingerprint density at radius 3 is 2.53 bits per heavy atom. The van der Waals surface area contributed by atoms with Gasteiger partial charge in [0.15, 0.2) is 0 Å². The second kappa shape index (κ2) is 25.9. The molecule has 11 rings (SSSR count). The number of likely N-dealkylation sites (tertiary alicyclic amines) is 1. The second-order valence-electron chi connectivity index (χ2n) is 23.5. The van der Waals surface area contributed by atoms with Gasteiger partial charge in [-0.1, -0.05) is 61.1 Å². The average molecular weight is 1220 g/mol. The third kappa shape index (κ3) is 13.9. The first kappa shape index (κ1) is 60.2. The van der Waals surface area contributed by atoms with Crippen molar-refractivity contribution in [3.63, 3.8) is 0 Å². The number of hydrogen-bond donors (Lipinski definition) is 4. The van der Waals surface area contributed by atoms with E-state index in [2.05, 4.69) is 77.8 Å². The minimum atomic E-state index is -4.66. The number of amides is 5. The maximum absolute atomic E-state index is 14.2. The smallest absolute Gasteiger partial charge is 0.293 e. The van der Waals surface area contributed by atoms with Crippen LogP contribution in [0.3, 0.4) is 0 Å². The maximum atomic E-state index is 14.2. The Bertz CT molecular complexity index is 3910. The molecule has 4 N–H and O–H groups in total. The van der Waals surface area contributed by atoms with Crippen LogP contribution in [0.1, 0.15) is 107 Å². The van der Waals surface area contributed by atoms with Crippen LogP contribution in [0.2, 0.25) is 5.02 Å². The Morgan fingerprint density at radius 2 is 1.74 bits per heavy atom. The quantitative estimate of drug-likeness (QED) is 0.0194. The van der Waals surface area contributed by atoms with E-state index in [0.717, 1.165) is 80.3 Å². The SMILES string of the molecule is CC1(C)CCC(CN2CCN(c3ccc(C(=O)NS(=O)(=O)c4ccc(NCC5CCCN(CCOCCC#Cc6cccc7c6C(=O)N(C6CCC(=O)NC6=O)C7=O)C5)c([N+](=O)[O-])c4)c(Oc4cnc5[nH]ccc5c4)c3)CC2)=C(c2ccc(Cl)cc2)C1. The number of piperazine rings is 1. The number of ether oxygens (including phenoxy) is 2. The molecule has 2 aromatic heterocycles. The lowest BCUT2D eigenvalue weighted by Gasteiger charge is -2.39. The van der Waals surface area contributed by atoms with E-state index in [4.69, 9.17) is 21.1 Å². The van der Waals surface area contributed by atoms with Crippen LogP contribution in [0.5, 0.6) is 11.5 Å². The Labute approximate surface area is 509 Å². The molecule has 5 amide bonds. The lowest BCUT2D eigenvalue weighted by atomic mass is 9.72. The molecule has 21 nitrogen and oxygen atoms in total. The highest BCUT2D eigenvalue weighted by molar-refractivity contribution is 7.90. The van der Waals surface area contributed by atoms with Crippen LogP contribution in [0.25, 0.3) is 16.6 Å². The summed E-state index contributed by atoms with van der Waals surface area (Å²) >= 11 is 6.27. The largest absolute Gasteiger partial charge is 0.455 e. The number of imide groups is 2. The fraction of sp³-hybridized carbons (Fsp3) is 0.375. The summed E-state index contributed by atoms with van der Waals surface area (Å²) in [4.78, 5) is 91.7. The van der Waals surface area contributed by atoms with Crippen LogP contribution in [0.4, 0.5) is 17.1 Å². The number of carbonyl (C=O) groups excluding carboxylic acids is 5. The Hall–Kier alpha value is -8.46. The molecule has 87 heavy (non-hydrogen) atoms. The van der Waals surface area contributed by atoms with Crippen LogP contribution < -0.4 is 25.0 Å². The first-order chi connectivity index (χ1) is 41.9. The van der Waals surface area contributed by atoms with E-state index in [9.17, 15) is 42.5 Å². The van der Waals surface area contributed by atoms with Gasteiger partial charge in [0, 0.05) is 105 Å². The van der Waals surface area contributed by atoms with Crippen LogP contribution in [-0.4, -0.2) is 146 Å². The summed E-state index contributed by atoms with van der Waals surface area (Å²) in [5.41, 5.74) is 5.92. The van der Waals surface area contributed by atoms with Gasteiger partial charge >= 0.3 is 0 Å². The first-order valence-electron chi connectivity index (χ1n) is 29.3. The van der Waals surface area contributed by atoms with Crippen molar-refractivity contribution in [3.05, 3.63) is 152 Å². The van der Waals surface area contributed by atoms with E-state index in [-0.39, 0.29) is 52.3 Å². The van der Waals surface area contributed by atoms with E-state index in [1.54, 1.807) is 36.5 Å². The first-order valence-corrected chi connectivity index (χ1v) is 31.1. The number of H-pyrrole nitrogens is 1. The van der Waals surface area contributed by atoms with Crippen LogP contribution in [0.15, 0.2) is 114 Å². The number of rotatable bonds is 19. The molecule has 3 fully saturated rings. The van der Waals surface area contributed by atoms with Gasteiger partial charge in [-0.2, -0.15) is 0 Å². The highest BCUT2D eigenvalue weighted by Crippen LogP contribution is 2.44. The number of nitrogens with one attached hydrogen (secondary N) is 4. The molecule has 452 valence electrons. The number of pyridine rings is 1. The summed E-state index contributed by atoms with van der Waals surface area (Å²) in [6.07, 6.45) is 8.57. The number of nitro groups is 1. The van der Waals surface area contributed by atoms with Crippen molar-refractivity contribution in [1.29, 1.82) is 0 Å². The van der Waals surface area contributed by atoms with Crippen molar-refractivity contribution in [2.24, 2.45) is 11.3 Å². The van der Waals surface area contributed by atoms with Crippen LogP contribution in [0, 0.1) is 33.3 Å². The predicted octanol–water partition coefficient (Wildman–Crippen LogP) is 8.80. The molecule has 0 spiro atoms. The standard InChI is InChI=1S/C64H67ClN10O11S/c1-64(2)23-21-45(52(36-64)42-11-13-46(65)14-12-42)40-72-26-28-73(29-27-72)47-15-17-50(56(34-47)86-48-33-44-22-24-66-59(44)68-38-48)60(77)70-87(83,84)49-16-18-53(55(35-49)75(81)82)67-37-41-7-6-25-71(39-41)30-32-85-31-4-3-8-43-9-5-10-51-58(43)63(80)74(62(51)79)54-19-20-57(76)69-61(54)78/h5,9-18,22,24,33-35,38,41,54,67H,4,6-7,19-21,23,25-32,36-37,39-40H2,1-2H3,(H,66,68)(H,70,77)(H,69,76,78). The number of anilines is 2. The molecule has 4 aliphatic heterocycles. The number of benzene rings is 4. The van der Waals surface area contributed by atoms with Gasteiger partial charge in [0.1, 0.15) is 28.9 Å². The van der Waals surface area contributed by atoms with E-state index in [1.807, 2.05) is 18.2 Å². The van der Waals surface area contributed by atoms with E-state index >= 15 is 0 Å². The number of carbonyl (C=O) groups is 5. The molecule has 6 heterocycles. The van der Waals surface area contributed by atoms with Gasteiger partial charge < -0.3 is 29.6 Å². The fourth-order valence-electron chi connectivity index (χ4n) is 12.2. The molecule has 1 aliphatic carbocycles. The maximum Gasteiger partial charge on any atom is 0.293 e. The van der Waals surface area contributed by atoms with Crippen molar-refractivity contribution < 1.29 is 46.8 Å². The number of sulfonamides is 1. The summed E-state index contributed by atoms with van der Waals surface area (Å²) < 4.78 is 42.4. The monoisotopic (exact) mass is 1220 g/mol. The summed E-state index contributed by atoms with van der Waals surface area (Å²) in [6, 6.07) is 24.0. The number of aromatic amines is 1. The molecule has 6 aromatic rings. The Morgan fingerprint density at radius 1 is 0.920 bits per heavy atom. The molecule has 23 heteroatoms. The van der Waals surface area contributed by atoms with Crippen LogP contribution >= 0.6 is 11.6 Å². The molecule has 0 bridgehead atoms. The molecular formula is C64H67ClN10O11S. The van der Waals surface area contributed by atoms with Crippen molar-refractivity contribution in [1.82, 2.24) is 34.7 Å². The van der Waals surface area contributed by atoms with Crippen LogP contribution in [-0.2, 0) is 24.3 Å². The number of fused-ring (bicyclic) bond motifs is 2. The van der Waals surface area contributed by atoms with Gasteiger partial charge in [0.25, 0.3) is 33.4 Å². The lowest BCUT2D eigenvalue weighted by molar-refractivity contribution is -0.384. The molecule has 2 atom stereocenters. The third-order valence-corrected chi connectivity index (χ3v) is 18.4. The van der Waals surface area contributed by atoms with Gasteiger partial charge in [-0.05, 0) is 128 Å². The summed E-state index contributed by atoms with van der Waals surface area (Å²) in [6.45, 7) is 11.7. The van der Waals surface area contributed by atoms with Gasteiger partial charge in [-0.25, -0.2) is 18.1 Å². The van der Waals surface area contributed by atoms with Crippen molar-refractivity contribution in [3.8, 4) is 23.3 Å². The summed E-state index contributed by atoms with van der Waals surface area (Å²) in [7, 11) is -4.66. The number of allylic oxidation sites excluding steroid dienone is 1. The predicted molar refractivity (Wildman–Crippen MR) is 328 cm³/mol. The minimum Gasteiger partial charge on any atom is -0.455 e. The van der Waals surface area contributed by atoms with Crippen molar-refractivity contribution >= 4 is 84.8 Å². The molecule has 4 aromatic carbocycles. The zero-order valence-electron chi connectivity index (χ0n) is 48.4. The number of piperidine rings is 2. The normalized spacial score (nSPS) is 19.2. The zero-order chi connectivity index (χ0) is 61.0. The van der Waals surface area contributed by atoms with Crippen molar-refractivity contribution in [2.75, 3.05) is 82.3 Å². The lowest BCUT2D eigenvalue weighted by Crippen LogP contribution is -2.54. The number of nitrogens with zero attached hydrogens (tertiary/aromatic N) is 6. The summed E-state index contributed by atoms with van der Waals surface area (Å²) in [5.74, 6) is 3.19. The average Bonchev–Trinajstić information content (AvgIpc) is 2.10. The molecular weight excluding hydrogens is 1150 g/mol. The van der Waals surface area contributed by atoms with E-state index in [0.29, 0.717) is 74.3 Å². The number of aromatic nitrogens is 2. The zero-order valence-corrected chi connectivity index (χ0v) is 49.9. The molecule has 5 aliphatic rings. The molecule has 0 saturated carbocycles. The Kier molecular flexibility index (Phi) is 17.9. The fourth-order valence-corrected chi connectivity index (χ4v) is 13.3. The minimum absolute atomic E-state index is 0.0230. The van der Waals surface area contributed by atoms with Gasteiger partial charge in [-0.15, -0.1) is 0 Å². The summed E-state index contributed by atoms with van der Waals surface area (Å²) in [5, 5.41) is 19.4. The highest BCUT2D eigenvalue weighted by atomic mass is 35.5. The van der Waals surface area contributed by atoms with Gasteiger partial charge in [-0.3, -0.25) is 49.2 Å². The van der Waals surface area contributed by atoms with Gasteiger partial charge in [0.05, 0.1) is 45.9 Å². The second-order valence-corrected chi connectivity index (χ2v) is 25.6. The topological polar surface area (TPSA) is 259 Å². The number of nitro benzene ring substituents is 1. The highest BCUT2D eigenvalue weighted by Gasteiger charge is 2.45. The molecule has 3 saturated heterocycles. The third-order valence-electron chi connectivity index (χ3n) is 16.8. The van der Waals surface area contributed by atoms with Crippen molar-refractivity contribution in [2.45, 2.75) is 76.2 Å².